The van der Waals surface area contributed by atoms with Crippen molar-refractivity contribution in [2.24, 2.45) is 0 Å². The van der Waals surface area contributed by atoms with Gasteiger partial charge in [-0.3, -0.25) is 4.79 Å². The van der Waals surface area contributed by atoms with Crippen LogP contribution in [-0.2, 0) is 19.7 Å². The van der Waals surface area contributed by atoms with Gasteiger partial charge in [-0.15, -0.1) is 0 Å². The summed E-state index contributed by atoms with van der Waals surface area (Å²) in [5, 5.41) is 3.49. The molecule has 0 radical (unpaired) electrons. The molecule has 7 heteroatoms. The van der Waals surface area contributed by atoms with Crippen LogP contribution in [0.1, 0.15) is 18.9 Å². The zero-order valence-electron chi connectivity index (χ0n) is 15.7. The van der Waals surface area contributed by atoms with Crippen molar-refractivity contribution in [2.45, 2.75) is 30.7 Å². The SMILES string of the molecule is CCOC(=O)C(F)(F)C[C@]1(c2ccccc2)C(=O)C=C[C@H]1Nc1ccccc1Cl. The van der Waals surface area contributed by atoms with E-state index in [1.165, 1.54) is 19.1 Å². The van der Waals surface area contributed by atoms with Gasteiger partial charge in [0.1, 0.15) is 0 Å². The molecule has 3 rings (SSSR count). The molecule has 1 aliphatic rings. The summed E-state index contributed by atoms with van der Waals surface area (Å²) < 4.78 is 34.2. The molecule has 0 heterocycles. The second-order valence-corrected chi connectivity index (χ2v) is 7.17. The van der Waals surface area contributed by atoms with Gasteiger partial charge < -0.3 is 10.1 Å². The quantitative estimate of drug-likeness (QED) is 0.656. The summed E-state index contributed by atoms with van der Waals surface area (Å²) in [5.41, 5.74) is -0.821. The number of halogens is 3. The molecule has 152 valence electrons. The second kappa shape index (κ2) is 8.33. The van der Waals surface area contributed by atoms with E-state index in [0.29, 0.717) is 16.3 Å². The van der Waals surface area contributed by atoms with Gasteiger partial charge in [-0.1, -0.05) is 60.1 Å². The molecule has 2 aromatic carbocycles. The van der Waals surface area contributed by atoms with Gasteiger partial charge in [0.05, 0.1) is 28.8 Å². The number of ketones is 1. The van der Waals surface area contributed by atoms with Gasteiger partial charge in [-0.05, 0) is 30.7 Å². The van der Waals surface area contributed by atoms with Gasteiger partial charge in [-0.2, -0.15) is 8.78 Å². The lowest BCUT2D eigenvalue weighted by atomic mass is 9.70. The highest BCUT2D eigenvalue weighted by molar-refractivity contribution is 6.33. The Hall–Kier alpha value is -2.73. The summed E-state index contributed by atoms with van der Waals surface area (Å²) in [5.74, 6) is -6.02. The molecule has 4 nitrogen and oxygen atoms in total. The third-order valence-electron chi connectivity index (χ3n) is 4.96. The number of anilines is 1. The Morgan fingerprint density at radius 3 is 2.48 bits per heavy atom. The van der Waals surface area contributed by atoms with Crippen molar-refractivity contribution in [2.75, 3.05) is 11.9 Å². The molecule has 0 aliphatic heterocycles. The lowest BCUT2D eigenvalue weighted by Gasteiger charge is -2.37. The van der Waals surface area contributed by atoms with Gasteiger partial charge in [0, 0.05) is 6.42 Å². The minimum Gasteiger partial charge on any atom is -0.462 e. The summed E-state index contributed by atoms with van der Waals surface area (Å²) in [7, 11) is 0. The van der Waals surface area contributed by atoms with Crippen LogP contribution in [0.15, 0.2) is 66.7 Å². The maximum atomic E-state index is 14.8. The first-order valence-corrected chi connectivity index (χ1v) is 9.53. The maximum Gasteiger partial charge on any atom is 0.377 e. The first kappa shape index (κ1) is 21.0. The standard InChI is InChI=1S/C22H20ClF2NO3/c1-2-29-20(28)22(24,25)14-21(15-8-4-3-5-9-15)18(12-13-19(21)27)26-17-11-7-6-10-16(17)23/h3-13,18,26H,2,14H2,1H3/t18-,21-/m1/s1. The van der Waals surface area contributed by atoms with Crippen LogP contribution < -0.4 is 5.32 Å². The maximum absolute atomic E-state index is 14.8. The fraction of sp³-hybridized carbons (Fsp3) is 0.273. The molecular weight excluding hydrogens is 400 g/mol. The fourth-order valence-electron chi connectivity index (χ4n) is 3.58. The number of carbonyl (C=O) groups is 2. The van der Waals surface area contributed by atoms with Gasteiger partial charge in [0.15, 0.2) is 5.78 Å². The van der Waals surface area contributed by atoms with E-state index in [1.807, 2.05) is 0 Å². The highest BCUT2D eigenvalue weighted by atomic mass is 35.5. The lowest BCUT2D eigenvalue weighted by molar-refractivity contribution is -0.174. The Kier molecular flexibility index (Phi) is 6.03. The van der Waals surface area contributed by atoms with Crippen LogP contribution in [0, 0.1) is 0 Å². The number of rotatable bonds is 7. The molecule has 0 saturated carbocycles. The molecule has 1 N–H and O–H groups in total. The number of hydrogen-bond acceptors (Lipinski definition) is 4. The van der Waals surface area contributed by atoms with Gasteiger partial charge in [0.2, 0.25) is 0 Å². The second-order valence-electron chi connectivity index (χ2n) is 6.76. The highest BCUT2D eigenvalue weighted by Crippen LogP contribution is 2.45. The molecule has 2 aromatic rings. The van der Waals surface area contributed by atoms with Crippen LogP contribution >= 0.6 is 11.6 Å². The topological polar surface area (TPSA) is 55.4 Å². The monoisotopic (exact) mass is 419 g/mol. The van der Waals surface area contributed by atoms with Crippen molar-refractivity contribution in [3.63, 3.8) is 0 Å². The van der Waals surface area contributed by atoms with E-state index in [0.717, 1.165) is 0 Å². The van der Waals surface area contributed by atoms with Crippen molar-refractivity contribution < 1.29 is 23.1 Å². The molecule has 0 spiro atoms. The summed E-state index contributed by atoms with van der Waals surface area (Å²) >= 11 is 6.21. The number of hydrogen-bond donors (Lipinski definition) is 1. The number of nitrogens with one attached hydrogen (secondary N) is 1. The van der Waals surface area contributed by atoms with E-state index in [1.54, 1.807) is 54.6 Å². The van der Waals surface area contributed by atoms with Crippen LogP contribution in [-0.4, -0.2) is 30.3 Å². The molecule has 0 unspecified atom stereocenters. The summed E-state index contributed by atoms with van der Waals surface area (Å²) in [6, 6.07) is 14.3. The Balaban J connectivity index is 2.07. The molecule has 0 saturated heterocycles. The third kappa shape index (κ3) is 4.03. The Morgan fingerprint density at radius 1 is 1.17 bits per heavy atom. The minimum atomic E-state index is -3.85. The normalized spacial score (nSPS) is 21.2. The van der Waals surface area contributed by atoms with Gasteiger partial charge in [-0.25, -0.2) is 4.79 Å². The molecule has 29 heavy (non-hydrogen) atoms. The van der Waals surface area contributed by atoms with Gasteiger partial charge in [0.25, 0.3) is 0 Å². The number of ether oxygens (including phenoxy) is 1. The molecule has 0 amide bonds. The zero-order valence-corrected chi connectivity index (χ0v) is 16.5. The summed E-state index contributed by atoms with van der Waals surface area (Å²) in [4.78, 5) is 24.9. The number of benzene rings is 2. The van der Waals surface area contributed by atoms with Crippen LogP contribution in [0.4, 0.5) is 14.5 Å². The van der Waals surface area contributed by atoms with E-state index in [9.17, 15) is 18.4 Å². The third-order valence-corrected chi connectivity index (χ3v) is 5.29. The van der Waals surface area contributed by atoms with Crippen molar-refractivity contribution in [1.82, 2.24) is 0 Å². The zero-order chi connectivity index (χ0) is 21.1. The van der Waals surface area contributed by atoms with E-state index in [4.69, 9.17) is 11.6 Å². The van der Waals surface area contributed by atoms with Crippen LogP contribution in [0.5, 0.6) is 0 Å². The average Bonchev–Trinajstić information content (AvgIpc) is 3.00. The van der Waals surface area contributed by atoms with Crippen LogP contribution in [0.25, 0.3) is 0 Å². The Labute approximate surface area is 172 Å². The molecule has 0 fully saturated rings. The average molecular weight is 420 g/mol. The first-order chi connectivity index (χ1) is 13.8. The molecule has 1 aliphatic carbocycles. The number of allylic oxidation sites excluding steroid dienone is 1. The molecule has 2 atom stereocenters. The Morgan fingerprint density at radius 2 is 1.83 bits per heavy atom. The molecule has 0 bridgehead atoms. The smallest absolute Gasteiger partial charge is 0.377 e. The van der Waals surface area contributed by atoms with E-state index >= 15 is 0 Å². The van der Waals surface area contributed by atoms with Gasteiger partial charge >= 0.3 is 11.9 Å². The highest BCUT2D eigenvalue weighted by Gasteiger charge is 2.57. The lowest BCUT2D eigenvalue weighted by Crippen LogP contribution is -2.51. The predicted octanol–water partition coefficient (Wildman–Crippen LogP) is 4.79. The number of carbonyl (C=O) groups excluding carboxylic acids is 2. The van der Waals surface area contributed by atoms with Crippen molar-refractivity contribution in [3.8, 4) is 0 Å². The predicted molar refractivity (Wildman–Crippen MR) is 107 cm³/mol. The van der Waals surface area contributed by atoms with E-state index in [-0.39, 0.29) is 6.61 Å². The number of para-hydroxylation sites is 1. The van der Waals surface area contributed by atoms with Crippen LogP contribution in [0.2, 0.25) is 5.02 Å². The van der Waals surface area contributed by atoms with Crippen molar-refractivity contribution in [3.05, 3.63) is 77.3 Å². The largest absolute Gasteiger partial charge is 0.462 e. The molecular formula is C22H20ClF2NO3. The van der Waals surface area contributed by atoms with Crippen molar-refractivity contribution in [1.29, 1.82) is 0 Å². The van der Waals surface area contributed by atoms with Crippen LogP contribution in [0.3, 0.4) is 0 Å². The fourth-order valence-corrected chi connectivity index (χ4v) is 3.77. The number of alkyl halides is 2. The van der Waals surface area contributed by atoms with E-state index < -0.39 is 35.6 Å². The first-order valence-electron chi connectivity index (χ1n) is 9.15. The molecule has 0 aromatic heterocycles. The van der Waals surface area contributed by atoms with E-state index in [2.05, 4.69) is 10.1 Å². The summed E-state index contributed by atoms with van der Waals surface area (Å²) in [6.45, 7) is 1.27. The summed E-state index contributed by atoms with van der Waals surface area (Å²) in [6.07, 6.45) is 1.76. The minimum absolute atomic E-state index is 0.180. The Bertz CT molecular complexity index is 933. The number of esters is 1. The van der Waals surface area contributed by atoms with Crippen molar-refractivity contribution >= 4 is 29.0 Å².